The molecule has 0 atom stereocenters. The van der Waals surface area contributed by atoms with Gasteiger partial charge >= 0.3 is 0 Å². The number of nitrogens with one attached hydrogen (secondary N) is 2. The SMILES string of the molecule is CC(=N)NCCCCCC(=O)C1CCN(C)CC1. The molecular formula is C14H27N3O. The molecule has 1 aliphatic heterocycles. The summed E-state index contributed by atoms with van der Waals surface area (Å²) < 4.78 is 0. The molecule has 2 N–H and O–H groups in total. The first-order valence-electron chi connectivity index (χ1n) is 7.10. The molecule has 1 saturated heterocycles. The van der Waals surface area contributed by atoms with Gasteiger partial charge in [-0.1, -0.05) is 6.42 Å². The summed E-state index contributed by atoms with van der Waals surface area (Å²) in [5.74, 6) is 1.32. The van der Waals surface area contributed by atoms with E-state index in [1.54, 1.807) is 6.92 Å². The molecule has 0 aromatic rings. The summed E-state index contributed by atoms with van der Waals surface area (Å²) >= 11 is 0. The number of amidine groups is 1. The third-order valence-electron chi connectivity index (χ3n) is 3.66. The van der Waals surface area contributed by atoms with Crippen molar-refractivity contribution in [1.29, 1.82) is 5.41 Å². The first-order chi connectivity index (χ1) is 8.59. The van der Waals surface area contributed by atoms with Gasteiger partial charge in [0, 0.05) is 18.9 Å². The maximum absolute atomic E-state index is 12.0. The Bertz CT molecular complexity index is 270. The summed E-state index contributed by atoms with van der Waals surface area (Å²) in [4.78, 5) is 14.3. The largest absolute Gasteiger partial charge is 0.374 e. The average Bonchev–Trinajstić information content (AvgIpc) is 2.34. The second-order valence-electron chi connectivity index (χ2n) is 5.41. The number of unbranched alkanes of at least 4 members (excludes halogenated alkanes) is 2. The molecule has 1 fully saturated rings. The Morgan fingerprint density at radius 3 is 2.56 bits per heavy atom. The fourth-order valence-corrected chi connectivity index (χ4v) is 2.41. The lowest BCUT2D eigenvalue weighted by Crippen LogP contribution is -2.33. The standard InChI is InChI=1S/C14H27N3O/c1-12(15)16-9-5-3-4-6-14(18)13-7-10-17(2)11-8-13/h13H,3-11H2,1-2H3,(H2,15,16). The Labute approximate surface area is 111 Å². The maximum Gasteiger partial charge on any atom is 0.136 e. The van der Waals surface area contributed by atoms with Crippen molar-refractivity contribution in [2.24, 2.45) is 5.92 Å². The maximum atomic E-state index is 12.0. The van der Waals surface area contributed by atoms with Crippen molar-refractivity contribution in [3.8, 4) is 0 Å². The number of likely N-dealkylation sites (tertiary alicyclic amines) is 1. The first-order valence-corrected chi connectivity index (χ1v) is 7.10. The number of hydrogen-bond donors (Lipinski definition) is 2. The molecule has 0 bridgehead atoms. The normalized spacial score (nSPS) is 17.7. The van der Waals surface area contributed by atoms with Gasteiger partial charge in [-0.15, -0.1) is 0 Å². The average molecular weight is 253 g/mol. The van der Waals surface area contributed by atoms with Crippen molar-refractivity contribution in [3.05, 3.63) is 0 Å². The van der Waals surface area contributed by atoms with Crippen molar-refractivity contribution in [2.45, 2.75) is 45.4 Å². The Hall–Kier alpha value is -0.900. The minimum absolute atomic E-state index is 0.322. The molecule has 0 radical (unpaired) electrons. The van der Waals surface area contributed by atoms with Crippen LogP contribution in [0.1, 0.15) is 45.4 Å². The van der Waals surface area contributed by atoms with Gasteiger partial charge in [0.1, 0.15) is 5.78 Å². The van der Waals surface area contributed by atoms with Gasteiger partial charge in [0.05, 0.1) is 5.84 Å². The second-order valence-corrected chi connectivity index (χ2v) is 5.41. The highest BCUT2D eigenvalue weighted by atomic mass is 16.1. The zero-order valence-electron chi connectivity index (χ0n) is 11.8. The monoisotopic (exact) mass is 253 g/mol. The zero-order valence-corrected chi connectivity index (χ0v) is 11.8. The first kappa shape index (κ1) is 15.2. The summed E-state index contributed by atoms with van der Waals surface area (Å²) in [6, 6.07) is 0. The number of carbonyl (C=O) groups excluding carboxylic acids is 1. The van der Waals surface area contributed by atoms with E-state index in [0.717, 1.165) is 58.2 Å². The highest BCUT2D eigenvalue weighted by molar-refractivity contribution is 5.81. The topological polar surface area (TPSA) is 56.2 Å². The fraction of sp³-hybridized carbons (Fsp3) is 0.857. The van der Waals surface area contributed by atoms with E-state index in [2.05, 4.69) is 17.3 Å². The summed E-state index contributed by atoms with van der Waals surface area (Å²) in [5.41, 5.74) is 0. The van der Waals surface area contributed by atoms with Crippen molar-refractivity contribution >= 4 is 11.6 Å². The molecule has 0 aliphatic carbocycles. The van der Waals surface area contributed by atoms with Gasteiger partial charge in [-0.2, -0.15) is 0 Å². The Kier molecular flexibility index (Phi) is 6.94. The molecule has 0 aromatic carbocycles. The van der Waals surface area contributed by atoms with E-state index in [9.17, 15) is 4.79 Å². The summed E-state index contributed by atoms with van der Waals surface area (Å²) in [6.07, 6.45) is 5.98. The zero-order chi connectivity index (χ0) is 13.4. The van der Waals surface area contributed by atoms with E-state index in [1.807, 2.05) is 0 Å². The van der Waals surface area contributed by atoms with E-state index in [1.165, 1.54) is 0 Å². The molecule has 1 heterocycles. The Morgan fingerprint density at radius 1 is 1.28 bits per heavy atom. The van der Waals surface area contributed by atoms with Crippen LogP contribution in [0.2, 0.25) is 0 Å². The van der Waals surface area contributed by atoms with Crippen molar-refractivity contribution in [2.75, 3.05) is 26.7 Å². The van der Waals surface area contributed by atoms with Crippen LogP contribution in [-0.2, 0) is 4.79 Å². The van der Waals surface area contributed by atoms with Crippen LogP contribution in [0.15, 0.2) is 0 Å². The number of ketones is 1. The highest BCUT2D eigenvalue weighted by Gasteiger charge is 2.22. The van der Waals surface area contributed by atoms with E-state index in [0.29, 0.717) is 17.5 Å². The van der Waals surface area contributed by atoms with Crippen LogP contribution in [0, 0.1) is 11.3 Å². The van der Waals surface area contributed by atoms with Gasteiger partial charge in [-0.05, 0) is 52.7 Å². The minimum atomic E-state index is 0.322. The number of Topliss-reactive ketones (excluding diaryl/α,β-unsaturated/α-hetero) is 1. The van der Waals surface area contributed by atoms with Crippen molar-refractivity contribution in [1.82, 2.24) is 10.2 Å². The Balaban J connectivity index is 2.01. The smallest absolute Gasteiger partial charge is 0.136 e. The number of rotatable bonds is 7. The van der Waals surface area contributed by atoms with Gasteiger partial charge in [0.15, 0.2) is 0 Å². The van der Waals surface area contributed by atoms with Crippen molar-refractivity contribution in [3.63, 3.8) is 0 Å². The van der Waals surface area contributed by atoms with Gasteiger partial charge in [-0.25, -0.2) is 0 Å². The van der Waals surface area contributed by atoms with Crippen molar-refractivity contribution < 1.29 is 4.79 Å². The van der Waals surface area contributed by atoms with Crippen LogP contribution in [0.5, 0.6) is 0 Å². The molecule has 1 aliphatic rings. The van der Waals surface area contributed by atoms with Gasteiger partial charge in [0.25, 0.3) is 0 Å². The molecule has 4 nitrogen and oxygen atoms in total. The van der Waals surface area contributed by atoms with Crippen LogP contribution in [0.25, 0.3) is 0 Å². The molecule has 1 rings (SSSR count). The summed E-state index contributed by atoms with van der Waals surface area (Å²) in [7, 11) is 2.12. The quantitative estimate of drug-likeness (QED) is 0.415. The van der Waals surface area contributed by atoms with E-state index >= 15 is 0 Å². The molecule has 0 unspecified atom stereocenters. The molecule has 104 valence electrons. The second kappa shape index (κ2) is 8.25. The summed E-state index contributed by atoms with van der Waals surface area (Å²) in [6.45, 7) is 4.75. The van der Waals surface area contributed by atoms with Crippen LogP contribution < -0.4 is 5.32 Å². The van der Waals surface area contributed by atoms with E-state index in [4.69, 9.17) is 5.41 Å². The fourth-order valence-electron chi connectivity index (χ4n) is 2.41. The number of carbonyl (C=O) groups is 1. The van der Waals surface area contributed by atoms with Crippen LogP contribution in [0.4, 0.5) is 0 Å². The predicted octanol–water partition coefficient (Wildman–Crippen LogP) is 2.04. The molecular weight excluding hydrogens is 226 g/mol. The third-order valence-corrected chi connectivity index (χ3v) is 3.66. The number of hydrogen-bond acceptors (Lipinski definition) is 3. The van der Waals surface area contributed by atoms with Crippen LogP contribution >= 0.6 is 0 Å². The molecule has 0 spiro atoms. The van der Waals surface area contributed by atoms with E-state index in [-0.39, 0.29) is 0 Å². The summed E-state index contributed by atoms with van der Waals surface area (Å²) in [5, 5.41) is 10.2. The third kappa shape index (κ3) is 6.15. The lowest BCUT2D eigenvalue weighted by Gasteiger charge is -2.27. The molecule has 0 amide bonds. The number of piperidine rings is 1. The van der Waals surface area contributed by atoms with Gasteiger partial charge < -0.3 is 10.2 Å². The number of nitrogens with zero attached hydrogens (tertiary/aromatic N) is 1. The molecule has 0 saturated carbocycles. The lowest BCUT2D eigenvalue weighted by atomic mass is 9.90. The van der Waals surface area contributed by atoms with Crippen LogP contribution in [-0.4, -0.2) is 43.2 Å². The Morgan fingerprint density at radius 2 is 1.94 bits per heavy atom. The van der Waals surface area contributed by atoms with Crippen LogP contribution in [0.3, 0.4) is 0 Å². The van der Waals surface area contributed by atoms with E-state index < -0.39 is 0 Å². The molecule has 0 aromatic heterocycles. The van der Waals surface area contributed by atoms with Gasteiger partial charge in [0.2, 0.25) is 0 Å². The van der Waals surface area contributed by atoms with Gasteiger partial charge in [-0.3, -0.25) is 10.2 Å². The minimum Gasteiger partial charge on any atom is -0.374 e. The molecule has 18 heavy (non-hydrogen) atoms. The molecule has 4 heteroatoms. The predicted molar refractivity (Wildman–Crippen MR) is 75.1 cm³/mol. The lowest BCUT2D eigenvalue weighted by molar-refractivity contribution is -0.124. The highest BCUT2D eigenvalue weighted by Crippen LogP contribution is 2.19.